The first-order valence-electron chi connectivity index (χ1n) is 7.45. The molecule has 8 heteroatoms. The molecule has 0 spiro atoms. The molecule has 0 fully saturated rings. The summed E-state index contributed by atoms with van der Waals surface area (Å²) in [5, 5.41) is 11.4. The quantitative estimate of drug-likeness (QED) is 0.721. The maximum absolute atomic E-state index is 12.3. The lowest BCUT2D eigenvalue weighted by atomic mass is 10.1. The van der Waals surface area contributed by atoms with Crippen molar-refractivity contribution in [1.82, 2.24) is 4.98 Å². The Hall–Kier alpha value is -2.87. The average Bonchev–Trinajstić information content (AvgIpc) is 2.97. The third-order valence-corrected chi connectivity index (χ3v) is 5.52. The van der Waals surface area contributed by atoms with E-state index in [1.54, 1.807) is 6.08 Å². The minimum absolute atomic E-state index is 0.129. The molecule has 130 valence electrons. The summed E-state index contributed by atoms with van der Waals surface area (Å²) >= 11 is 0. The highest BCUT2D eigenvalue weighted by Crippen LogP contribution is 2.35. The van der Waals surface area contributed by atoms with Gasteiger partial charge in [-0.2, -0.15) is 0 Å². The van der Waals surface area contributed by atoms with Crippen molar-refractivity contribution < 1.29 is 23.1 Å². The number of carboxylic acid groups (broad SMARTS) is 1. The van der Waals surface area contributed by atoms with Crippen LogP contribution in [0.25, 0.3) is 11.6 Å². The van der Waals surface area contributed by atoms with E-state index in [0.29, 0.717) is 16.8 Å². The number of fused-ring (bicyclic) bond motifs is 1. The summed E-state index contributed by atoms with van der Waals surface area (Å²) in [4.78, 5) is 26.0. The number of nitrogens with one attached hydrogen (secondary N) is 2. The predicted octanol–water partition coefficient (Wildman–Crippen LogP) is 1.98. The first-order chi connectivity index (χ1) is 11.7. The summed E-state index contributed by atoms with van der Waals surface area (Å²) in [6.07, 6.45) is 1.66. The largest absolute Gasteiger partial charge is 0.480 e. The number of carbonyl (C=O) groups excluding carboxylic acids is 1. The van der Waals surface area contributed by atoms with Crippen molar-refractivity contribution in [3.8, 4) is 0 Å². The molecule has 0 saturated carbocycles. The van der Waals surface area contributed by atoms with Crippen molar-refractivity contribution in [1.29, 1.82) is 0 Å². The van der Waals surface area contributed by atoms with Crippen LogP contribution in [-0.2, 0) is 19.4 Å². The van der Waals surface area contributed by atoms with Crippen LogP contribution in [0, 0.1) is 13.8 Å². The van der Waals surface area contributed by atoms with Gasteiger partial charge in [-0.3, -0.25) is 9.59 Å². The predicted molar refractivity (Wildman–Crippen MR) is 92.9 cm³/mol. The van der Waals surface area contributed by atoms with Crippen LogP contribution in [0.3, 0.4) is 0 Å². The van der Waals surface area contributed by atoms with Crippen molar-refractivity contribution in [2.45, 2.75) is 18.7 Å². The van der Waals surface area contributed by atoms with Gasteiger partial charge in [0.1, 0.15) is 0 Å². The van der Waals surface area contributed by atoms with E-state index in [0.717, 1.165) is 17.0 Å². The molecule has 1 aromatic carbocycles. The fraction of sp³-hybridized carbons (Fsp3) is 0.176. The molecule has 3 rings (SSSR count). The standard InChI is InChI=1S/C17H16N2O5S/c1-9-5-10(2)18-15(9)7-13-12-6-11(25(23,24)8-16(20)21)3-4-14(12)19-17(13)22/h3-7,18H,8H2,1-2H3,(H,19,22)(H,20,21). The third-order valence-electron chi connectivity index (χ3n) is 3.93. The monoisotopic (exact) mass is 360 g/mol. The summed E-state index contributed by atoms with van der Waals surface area (Å²) < 4.78 is 24.3. The Morgan fingerprint density at radius 2 is 1.96 bits per heavy atom. The Kier molecular flexibility index (Phi) is 4.00. The summed E-state index contributed by atoms with van der Waals surface area (Å²) in [6, 6.07) is 6.04. The van der Waals surface area contributed by atoms with Crippen LogP contribution in [0.1, 0.15) is 22.5 Å². The number of hydrogen-bond acceptors (Lipinski definition) is 4. The molecule has 1 aromatic heterocycles. The van der Waals surface area contributed by atoms with Gasteiger partial charge in [0.15, 0.2) is 15.6 Å². The Morgan fingerprint density at radius 3 is 2.56 bits per heavy atom. The second-order valence-corrected chi connectivity index (χ2v) is 7.91. The number of sulfone groups is 1. The number of aromatic nitrogens is 1. The van der Waals surface area contributed by atoms with Crippen LogP contribution in [0.5, 0.6) is 0 Å². The van der Waals surface area contributed by atoms with Gasteiger partial charge in [0, 0.05) is 22.6 Å². The molecule has 2 heterocycles. The highest BCUT2D eigenvalue weighted by atomic mass is 32.2. The number of aryl methyl sites for hydroxylation is 2. The van der Waals surface area contributed by atoms with E-state index in [1.165, 1.54) is 18.2 Å². The minimum Gasteiger partial charge on any atom is -0.480 e. The molecule has 0 unspecified atom stereocenters. The van der Waals surface area contributed by atoms with Crippen LogP contribution in [0.2, 0.25) is 0 Å². The van der Waals surface area contributed by atoms with Crippen LogP contribution in [-0.4, -0.2) is 36.1 Å². The SMILES string of the molecule is Cc1cc(C)c(C=C2C(=O)Nc3ccc(S(=O)(=O)CC(=O)O)cc32)[nH]1. The van der Waals surface area contributed by atoms with Crippen molar-refractivity contribution >= 4 is 39.1 Å². The van der Waals surface area contributed by atoms with Gasteiger partial charge in [0.25, 0.3) is 5.91 Å². The highest BCUT2D eigenvalue weighted by Gasteiger charge is 2.27. The summed E-state index contributed by atoms with van der Waals surface area (Å²) in [5.41, 5.74) is 3.91. The molecule has 1 aliphatic heterocycles. The lowest BCUT2D eigenvalue weighted by Gasteiger charge is -2.05. The number of aliphatic carboxylic acids is 1. The molecule has 1 aliphatic rings. The number of H-pyrrole nitrogens is 1. The molecule has 0 atom stereocenters. The average molecular weight is 360 g/mol. The Labute approximate surface area is 144 Å². The zero-order valence-electron chi connectivity index (χ0n) is 13.6. The van der Waals surface area contributed by atoms with Gasteiger partial charge >= 0.3 is 5.97 Å². The molecule has 3 N–H and O–H groups in total. The van der Waals surface area contributed by atoms with E-state index in [4.69, 9.17) is 5.11 Å². The summed E-state index contributed by atoms with van der Waals surface area (Å²) in [6.45, 7) is 3.80. The molecular formula is C17H16N2O5S. The summed E-state index contributed by atoms with van der Waals surface area (Å²) in [5.74, 6) is -2.77. The van der Waals surface area contributed by atoms with Gasteiger partial charge in [0.2, 0.25) is 0 Å². The van der Waals surface area contributed by atoms with Crippen molar-refractivity contribution in [2.75, 3.05) is 11.1 Å². The van der Waals surface area contributed by atoms with Crippen LogP contribution >= 0.6 is 0 Å². The third kappa shape index (κ3) is 3.20. The molecule has 0 radical (unpaired) electrons. The second-order valence-electron chi connectivity index (χ2n) is 5.92. The molecule has 25 heavy (non-hydrogen) atoms. The Morgan fingerprint density at radius 1 is 1.24 bits per heavy atom. The molecule has 1 amide bonds. The zero-order chi connectivity index (χ0) is 18.4. The molecular weight excluding hydrogens is 344 g/mol. The molecule has 7 nitrogen and oxygen atoms in total. The van der Waals surface area contributed by atoms with Gasteiger partial charge in [-0.1, -0.05) is 0 Å². The van der Waals surface area contributed by atoms with E-state index in [-0.39, 0.29) is 10.8 Å². The zero-order valence-corrected chi connectivity index (χ0v) is 14.4. The van der Waals surface area contributed by atoms with E-state index in [1.807, 2.05) is 19.9 Å². The first-order valence-corrected chi connectivity index (χ1v) is 9.11. The van der Waals surface area contributed by atoms with Crippen LogP contribution in [0.15, 0.2) is 29.2 Å². The number of benzene rings is 1. The van der Waals surface area contributed by atoms with Gasteiger partial charge in [-0.15, -0.1) is 0 Å². The maximum Gasteiger partial charge on any atom is 0.319 e. The molecule has 0 saturated heterocycles. The van der Waals surface area contributed by atoms with Gasteiger partial charge < -0.3 is 15.4 Å². The minimum atomic E-state index is -3.97. The fourth-order valence-corrected chi connectivity index (χ4v) is 3.86. The highest BCUT2D eigenvalue weighted by molar-refractivity contribution is 7.92. The van der Waals surface area contributed by atoms with Gasteiger partial charge in [0.05, 0.1) is 10.5 Å². The Bertz CT molecular complexity index is 1030. The normalized spacial score (nSPS) is 15.3. The lowest BCUT2D eigenvalue weighted by molar-refractivity contribution is -0.134. The van der Waals surface area contributed by atoms with Crippen LogP contribution in [0.4, 0.5) is 5.69 Å². The van der Waals surface area contributed by atoms with Gasteiger partial charge in [-0.25, -0.2) is 8.42 Å². The number of aromatic amines is 1. The lowest BCUT2D eigenvalue weighted by Crippen LogP contribution is -2.15. The number of rotatable bonds is 4. The second kappa shape index (κ2) is 5.89. The smallest absolute Gasteiger partial charge is 0.319 e. The van der Waals surface area contributed by atoms with Crippen molar-refractivity contribution in [3.63, 3.8) is 0 Å². The maximum atomic E-state index is 12.3. The van der Waals surface area contributed by atoms with Crippen molar-refractivity contribution in [2.24, 2.45) is 0 Å². The van der Waals surface area contributed by atoms with Crippen LogP contribution < -0.4 is 5.32 Å². The van der Waals surface area contributed by atoms with E-state index in [2.05, 4.69) is 10.3 Å². The topological polar surface area (TPSA) is 116 Å². The van der Waals surface area contributed by atoms with E-state index >= 15 is 0 Å². The number of carbonyl (C=O) groups is 2. The molecule has 0 aliphatic carbocycles. The van der Waals surface area contributed by atoms with Crippen molar-refractivity contribution in [3.05, 3.63) is 46.8 Å². The number of anilines is 1. The number of hydrogen-bond donors (Lipinski definition) is 3. The van der Waals surface area contributed by atoms with E-state index < -0.39 is 21.6 Å². The first kappa shape index (κ1) is 17.0. The molecule has 0 bridgehead atoms. The summed E-state index contributed by atoms with van der Waals surface area (Å²) in [7, 11) is -3.97. The molecule has 2 aromatic rings. The van der Waals surface area contributed by atoms with E-state index in [9.17, 15) is 18.0 Å². The number of carboxylic acids is 1. The Balaban J connectivity index is 2.10. The fourth-order valence-electron chi connectivity index (χ4n) is 2.79. The van der Waals surface area contributed by atoms with Gasteiger partial charge in [-0.05, 0) is 49.8 Å². The number of amides is 1.